The first-order valence-electron chi connectivity index (χ1n) is 6.29. The van der Waals surface area contributed by atoms with E-state index in [0.717, 1.165) is 41.3 Å². The fourth-order valence-corrected chi connectivity index (χ4v) is 3.31. The summed E-state index contributed by atoms with van der Waals surface area (Å²) in [6.45, 7) is 0. The van der Waals surface area contributed by atoms with E-state index in [9.17, 15) is 4.79 Å². The predicted octanol–water partition coefficient (Wildman–Crippen LogP) is 2.79. The number of H-pyrrole nitrogens is 1. The van der Waals surface area contributed by atoms with Gasteiger partial charge in [-0.1, -0.05) is 0 Å². The summed E-state index contributed by atoms with van der Waals surface area (Å²) < 4.78 is 0. The first-order chi connectivity index (χ1) is 8.33. The van der Waals surface area contributed by atoms with Crippen molar-refractivity contribution in [2.24, 2.45) is 17.8 Å². The number of carbonyl (C=O) groups is 1. The Kier molecular flexibility index (Phi) is 1.76. The van der Waals surface area contributed by atoms with Gasteiger partial charge >= 0.3 is 0 Å². The largest absolute Gasteiger partial charge is 0.345 e. The molecular weight excluding hydrogens is 212 g/mol. The lowest BCUT2D eigenvalue weighted by Crippen LogP contribution is -2.12. The van der Waals surface area contributed by atoms with Crippen molar-refractivity contribution in [3.05, 3.63) is 30.1 Å². The highest BCUT2D eigenvalue weighted by Gasteiger charge is 2.48. The van der Waals surface area contributed by atoms with Gasteiger partial charge in [0, 0.05) is 29.3 Å². The molecule has 0 saturated heterocycles. The van der Waals surface area contributed by atoms with Crippen molar-refractivity contribution >= 4 is 16.8 Å². The number of hydrogen-bond donors (Lipinski definition) is 1. The molecule has 17 heavy (non-hydrogen) atoms. The minimum Gasteiger partial charge on any atom is -0.345 e. The van der Waals surface area contributed by atoms with Crippen LogP contribution in [0.15, 0.2) is 24.5 Å². The summed E-state index contributed by atoms with van der Waals surface area (Å²) in [4.78, 5) is 19.8. The maximum absolute atomic E-state index is 12.4. The van der Waals surface area contributed by atoms with Crippen LogP contribution in [-0.4, -0.2) is 15.8 Å². The topological polar surface area (TPSA) is 45.8 Å². The Morgan fingerprint density at radius 3 is 2.94 bits per heavy atom. The normalized spacial score (nSPS) is 30.5. The number of pyridine rings is 1. The molecule has 2 aliphatic carbocycles. The van der Waals surface area contributed by atoms with Gasteiger partial charge in [-0.2, -0.15) is 0 Å². The number of ketones is 1. The standard InChI is InChI=1S/C14H14N2O/c17-13(10-5-8-4-9(8)6-10)12-7-16-14-11(12)2-1-3-15-14/h1-3,7-10H,4-6H2,(H,15,16). The number of Topliss-reactive ketones (excluding diaryl/α,β-unsaturated/α-hetero) is 1. The summed E-state index contributed by atoms with van der Waals surface area (Å²) in [6, 6.07) is 3.86. The second kappa shape index (κ2) is 3.19. The monoisotopic (exact) mass is 226 g/mol. The molecule has 2 unspecified atom stereocenters. The molecule has 0 bridgehead atoms. The summed E-state index contributed by atoms with van der Waals surface area (Å²) in [6.07, 6.45) is 7.15. The third-order valence-corrected chi connectivity index (χ3v) is 4.33. The van der Waals surface area contributed by atoms with Crippen molar-refractivity contribution in [1.29, 1.82) is 0 Å². The Balaban J connectivity index is 1.71. The molecule has 0 radical (unpaired) electrons. The molecule has 2 aromatic heterocycles. The van der Waals surface area contributed by atoms with Gasteiger partial charge in [-0.3, -0.25) is 4.79 Å². The zero-order chi connectivity index (χ0) is 11.4. The first-order valence-corrected chi connectivity index (χ1v) is 6.29. The lowest BCUT2D eigenvalue weighted by Gasteiger charge is -2.09. The number of aromatic nitrogens is 2. The lowest BCUT2D eigenvalue weighted by molar-refractivity contribution is 0.0916. The molecule has 2 aromatic rings. The summed E-state index contributed by atoms with van der Waals surface area (Å²) in [5, 5.41) is 0.970. The SMILES string of the molecule is O=C(c1c[nH]c2ncccc12)C1CC2CC2C1. The number of hydrogen-bond acceptors (Lipinski definition) is 2. The zero-order valence-corrected chi connectivity index (χ0v) is 9.52. The summed E-state index contributed by atoms with van der Waals surface area (Å²) in [7, 11) is 0. The third-order valence-electron chi connectivity index (χ3n) is 4.33. The fourth-order valence-electron chi connectivity index (χ4n) is 3.31. The minimum atomic E-state index is 0.262. The molecule has 2 aliphatic rings. The van der Waals surface area contributed by atoms with Crippen LogP contribution in [0.5, 0.6) is 0 Å². The molecule has 2 atom stereocenters. The van der Waals surface area contributed by atoms with E-state index in [1.807, 2.05) is 18.3 Å². The second-order valence-electron chi connectivity index (χ2n) is 5.39. The van der Waals surface area contributed by atoms with Gasteiger partial charge in [0.15, 0.2) is 5.78 Å². The Bertz CT molecular complexity index is 591. The smallest absolute Gasteiger partial charge is 0.168 e. The van der Waals surface area contributed by atoms with Gasteiger partial charge < -0.3 is 4.98 Å². The van der Waals surface area contributed by atoms with E-state index < -0.39 is 0 Å². The number of nitrogens with zero attached hydrogens (tertiary/aromatic N) is 1. The van der Waals surface area contributed by atoms with Gasteiger partial charge in [-0.25, -0.2) is 4.98 Å². The summed E-state index contributed by atoms with van der Waals surface area (Å²) in [5.74, 6) is 2.29. The van der Waals surface area contributed by atoms with Gasteiger partial charge in [0.05, 0.1) is 0 Å². The number of aromatic amines is 1. The molecule has 4 rings (SSSR count). The highest BCUT2D eigenvalue weighted by atomic mass is 16.1. The second-order valence-corrected chi connectivity index (χ2v) is 5.39. The van der Waals surface area contributed by atoms with Crippen molar-refractivity contribution in [3.8, 4) is 0 Å². The number of fused-ring (bicyclic) bond motifs is 2. The Hall–Kier alpha value is -1.64. The van der Waals surface area contributed by atoms with Crippen LogP contribution in [0.2, 0.25) is 0 Å². The fraction of sp³-hybridized carbons (Fsp3) is 0.429. The van der Waals surface area contributed by atoms with Crippen molar-refractivity contribution in [1.82, 2.24) is 9.97 Å². The van der Waals surface area contributed by atoms with Crippen LogP contribution in [0.3, 0.4) is 0 Å². The van der Waals surface area contributed by atoms with E-state index in [0.29, 0.717) is 5.78 Å². The summed E-state index contributed by atoms with van der Waals surface area (Å²) in [5.41, 5.74) is 1.65. The first kappa shape index (κ1) is 9.40. The molecular formula is C14H14N2O. The van der Waals surface area contributed by atoms with Gasteiger partial charge in [0.25, 0.3) is 0 Å². The van der Waals surface area contributed by atoms with Crippen LogP contribution in [0.25, 0.3) is 11.0 Å². The molecule has 0 aromatic carbocycles. The van der Waals surface area contributed by atoms with Gasteiger partial charge in [-0.05, 0) is 43.2 Å². The van der Waals surface area contributed by atoms with Crippen LogP contribution >= 0.6 is 0 Å². The van der Waals surface area contributed by atoms with Crippen molar-refractivity contribution < 1.29 is 4.79 Å². The van der Waals surface area contributed by atoms with E-state index in [4.69, 9.17) is 0 Å². The van der Waals surface area contributed by atoms with Crippen molar-refractivity contribution in [3.63, 3.8) is 0 Å². The molecule has 0 aliphatic heterocycles. The number of nitrogens with one attached hydrogen (secondary N) is 1. The van der Waals surface area contributed by atoms with Crippen molar-refractivity contribution in [2.45, 2.75) is 19.3 Å². The van der Waals surface area contributed by atoms with Gasteiger partial charge in [0.2, 0.25) is 0 Å². The highest BCUT2D eigenvalue weighted by Crippen LogP contribution is 2.55. The van der Waals surface area contributed by atoms with Gasteiger partial charge in [0.1, 0.15) is 5.65 Å². The van der Waals surface area contributed by atoms with Crippen LogP contribution in [0, 0.1) is 17.8 Å². The van der Waals surface area contributed by atoms with E-state index in [1.54, 1.807) is 6.20 Å². The molecule has 3 heteroatoms. The van der Waals surface area contributed by atoms with Crippen LogP contribution in [0.4, 0.5) is 0 Å². The van der Waals surface area contributed by atoms with E-state index in [-0.39, 0.29) is 5.92 Å². The van der Waals surface area contributed by atoms with E-state index >= 15 is 0 Å². The molecule has 1 N–H and O–H groups in total. The molecule has 2 heterocycles. The van der Waals surface area contributed by atoms with Crippen LogP contribution < -0.4 is 0 Å². The molecule has 0 amide bonds. The van der Waals surface area contributed by atoms with Crippen LogP contribution in [-0.2, 0) is 0 Å². The lowest BCUT2D eigenvalue weighted by atomic mass is 9.93. The molecule has 2 fully saturated rings. The van der Waals surface area contributed by atoms with Gasteiger partial charge in [-0.15, -0.1) is 0 Å². The Labute approximate surface area is 99.2 Å². The summed E-state index contributed by atoms with van der Waals surface area (Å²) >= 11 is 0. The zero-order valence-electron chi connectivity index (χ0n) is 9.52. The Morgan fingerprint density at radius 2 is 2.12 bits per heavy atom. The molecule has 0 spiro atoms. The highest BCUT2D eigenvalue weighted by molar-refractivity contribution is 6.08. The average molecular weight is 226 g/mol. The molecule has 2 saturated carbocycles. The van der Waals surface area contributed by atoms with E-state index in [1.165, 1.54) is 6.42 Å². The number of rotatable bonds is 2. The maximum atomic E-state index is 12.4. The molecule has 3 nitrogen and oxygen atoms in total. The van der Waals surface area contributed by atoms with Crippen molar-refractivity contribution in [2.75, 3.05) is 0 Å². The Morgan fingerprint density at radius 1 is 1.29 bits per heavy atom. The van der Waals surface area contributed by atoms with E-state index in [2.05, 4.69) is 9.97 Å². The third kappa shape index (κ3) is 1.35. The van der Waals surface area contributed by atoms with Crippen LogP contribution in [0.1, 0.15) is 29.6 Å². The molecule has 86 valence electrons. The maximum Gasteiger partial charge on any atom is 0.168 e. The minimum absolute atomic E-state index is 0.262. The average Bonchev–Trinajstić information content (AvgIpc) is 2.80. The quantitative estimate of drug-likeness (QED) is 0.800. The number of carbonyl (C=O) groups excluding carboxylic acids is 1. The predicted molar refractivity (Wildman–Crippen MR) is 64.7 cm³/mol.